The molecule has 27 heavy (non-hydrogen) atoms. The van der Waals surface area contributed by atoms with Gasteiger partial charge in [0.15, 0.2) is 0 Å². The lowest BCUT2D eigenvalue weighted by Crippen LogP contribution is -2.45. The molecule has 4 aliphatic carbocycles. The summed E-state index contributed by atoms with van der Waals surface area (Å²) in [6.07, 6.45) is 20.6. The lowest BCUT2D eigenvalue weighted by atomic mass is 9.51. The van der Waals surface area contributed by atoms with E-state index in [1.54, 1.807) is 11.1 Å². The number of hydrogen-bond donors (Lipinski definition) is 0. The van der Waals surface area contributed by atoms with Crippen LogP contribution in [0.2, 0.25) is 0 Å². The predicted octanol–water partition coefficient (Wildman–Crippen LogP) is 8.28. The van der Waals surface area contributed by atoms with Crippen LogP contribution in [-0.4, -0.2) is 0 Å². The Morgan fingerprint density at radius 2 is 1.93 bits per heavy atom. The Hall–Kier alpha value is -1.04. The van der Waals surface area contributed by atoms with Gasteiger partial charge in [-0.2, -0.15) is 0 Å². The summed E-state index contributed by atoms with van der Waals surface area (Å²) in [6.45, 7) is 15.7. The molecule has 0 heterocycles. The highest BCUT2D eigenvalue weighted by atomic mass is 14.6. The van der Waals surface area contributed by atoms with Crippen LogP contribution in [0.4, 0.5) is 0 Å². The predicted molar refractivity (Wildman–Crippen MR) is 120 cm³/mol. The van der Waals surface area contributed by atoms with E-state index in [1.807, 2.05) is 13.8 Å². The summed E-state index contributed by atoms with van der Waals surface area (Å²) in [4.78, 5) is 0. The summed E-state index contributed by atoms with van der Waals surface area (Å²) in [5, 5.41) is 0. The average molecular weight is 367 g/mol. The highest BCUT2D eigenvalue weighted by molar-refractivity contribution is 5.35. The zero-order valence-corrected chi connectivity index (χ0v) is 18.6. The molecule has 0 aromatic rings. The summed E-state index contributed by atoms with van der Waals surface area (Å²) in [7, 11) is 0. The summed E-state index contributed by atoms with van der Waals surface area (Å²) in [5.74, 6) is 4.30. The molecule has 3 saturated carbocycles. The fourth-order valence-electron chi connectivity index (χ4n) is 7.22. The number of allylic oxidation sites excluding steroid dienone is 7. The molecule has 0 bridgehead atoms. The van der Waals surface area contributed by atoms with Crippen molar-refractivity contribution >= 4 is 0 Å². The van der Waals surface area contributed by atoms with Gasteiger partial charge in [0.05, 0.1) is 0 Å². The number of rotatable bonds is 3. The first kappa shape index (κ1) is 20.7. The van der Waals surface area contributed by atoms with Crippen molar-refractivity contribution in [1.82, 2.24) is 0 Å². The number of fused-ring (bicyclic) bond motifs is 5. The molecule has 4 rings (SSSR count). The molecular weight excluding hydrogens is 324 g/mol. The second-order valence-corrected chi connectivity index (χ2v) is 9.60. The molecule has 150 valence electrons. The molecule has 0 aromatic heterocycles. The Labute approximate surface area is 168 Å². The van der Waals surface area contributed by atoms with Gasteiger partial charge in [-0.1, -0.05) is 81.7 Å². The molecule has 0 aromatic carbocycles. The van der Waals surface area contributed by atoms with E-state index in [-0.39, 0.29) is 0 Å². The normalized spacial score (nSPS) is 39.7. The van der Waals surface area contributed by atoms with Gasteiger partial charge in [0.25, 0.3) is 0 Å². The summed E-state index contributed by atoms with van der Waals surface area (Å²) < 4.78 is 0. The summed E-state index contributed by atoms with van der Waals surface area (Å²) in [5.41, 5.74) is 5.26. The molecule has 0 radical (unpaired) electrons. The van der Waals surface area contributed by atoms with Crippen LogP contribution in [0, 0.1) is 35.0 Å². The van der Waals surface area contributed by atoms with Crippen molar-refractivity contribution in [3.63, 3.8) is 0 Å². The third-order valence-electron chi connectivity index (χ3n) is 8.30. The number of hydrogen-bond acceptors (Lipinski definition) is 0. The first-order chi connectivity index (χ1) is 13.0. The van der Waals surface area contributed by atoms with E-state index in [4.69, 9.17) is 0 Å². The molecule has 0 heteroatoms. The monoisotopic (exact) mass is 366 g/mol. The zero-order chi connectivity index (χ0) is 19.6. The lowest BCUT2D eigenvalue weighted by Gasteiger charge is -2.53. The average Bonchev–Trinajstić information content (AvgIpc) is 2.90. The van der Waals surface area contributed by atoms with Gasteiger partial charge in [0, 0.05) is 5.92 Å². The SMILES string of the molecule is C=C(CCC)[C@H]1CCC2C3CCC4=CC(C)=CC=C[C@H]4C3CC[C@@]21C.CC. The van der Waals surface area contributed by atoms with Crippen molar-refractivity contribution in [2.45, 2.75) is 86.0 Å². The van der Waals surface area contributed by atoms with Crippen LogP contribution in [-0.2, 0) is 0 Å². The van der Waals surface area contributed by atoms with Gasteiger partial charge in [-0.05, 0) is 81.0 Å². The van der Waals surface area contributed by atoms with Crippen LogP contribution in [0.15, 0.2) is 47.6 Å². The molecule has 0 nitrogen and oxygen atoms in total. The minimum absolute atomic E-state index is 0.539. The third kappa shape index (κ3) is 3.66. The fourth-order valence-corrected chi connectivity index (χ4v) is 7.22. The highest BCUT2D eigenvalue weighted by Gasteiger charge is 2.55. The van der Waals surface area contributed by atoms with Gasteiger partial charge in [-0.25, -0.2) is 0 Å². The van der Waals surface area contributed by atoms with Gasteiger partial charge < -0.3 is 0 Å². The van der Waals surface area contributed by atoms with Crippen molar-refractivity contribution in [3.8, 4) is 0 Å². The maximum absolute atomic E-state index is 4.53. The maximum atomic E-state index is 4.53. The Morgan fingerprint density at radius 3 is 2.67 bits per heavy atom. The van der Waals surface area contributed by atoms with E-state index in [1.165, 1.54) is 56.9 Å². The maximum Gasteiger partial charge on any atom is 0.00141 e. The van der Waals surface area contributed by atoms with Gasteiger partial charge in [0.2, 0.25) is 0 Å². The Morgan fingerprint density at radius 1 is 1.15 bits per heavy atom. The molecule has 0 spiro atoms. The highest BCUT2D eigenvalue weighted by Crippen LogP contribution is 2.64. The molecule has 0 N–H and O–H groups in total. The largest absolute Gasteiger partial charge is 0.0996 e. The van der Waals surface area contributed by atoms with E-state index in [9.17, 15) is 0 Å². The lowest BCUT2D eigenvalue weighted by molar-refractivity contribution is -0.00478. The van der Waals surface area contributed by atoms with Crippen LogP contribution in [0.5, 0.6) is 0 Å². The Kier molecular flexibility index (Phi) is 6.54. The van der Waals surface area contributed by atoms with Crippen LogP contribution >= 0.6 is 0 Å². The molecule has 0 saturated heterocycles. The first-order valence-electron chi connectivity index (χ1n) is 11.8. The Bertz CT molecular complexity index is 630. The molecule has 0 aliphatic heterocycles. The molecule has 4 aliphatic rings. The second kappa shape index (κ2) is 8.54. The van der Waals surface area contributed by atoms with Crippen molar-refractivity contribution in [2.24, 2.45) is 35.0 Å². The van der Waals surface area contributed by atoms with E-state index in [0.29, 0.717) is 5.41 Å². The van der Waals surface area contributed by atoms with Crippen molar-refractivity contribution in [2.75, 3.05) is 0 Å². The van der Waals surface area contributed by atoms with Crippen molar-refractivity contribution in [3.05, 3.63) is 47.6 Å². The van der Waals surface area contributed by atoms with Gasteiger partial charge >= 0.3 is 0 Å². The third-order valence-corrected chi connectivity index (χ3v) is 8.30. The first-order valence-corrected chi connectivity index (χ1v) is 11.8. The minimum atomic E-state index is 0.539. The van der Waals surface area contributed by atoms with Gasteiger partial charge in [-0.3, -0.25) is 0 Å². The molecule has 3 unspecified atom stereocenters. The van der Waals surface area contributed by atoms with Crippen LogP contribution in [0.1, 0.15) is 86.0 Å². The quantitative estimate of drug-likeness (QED) is 0.441. The standard InChI is InChI=1S/C25H36.C2H6/c1-5-7-18(3)23-12-13-24-22-11-10-19-16-17(2)8-6-9-20(19)21(22)14-15-25(23,24)4;1-2/h6,8-9,16,20-24H,3,5,7,10-15H2,1-2,4H3;1-2H3/t20-,21?,22?,23-,24?,25-;/m1./s1. The van der Waals surface area contributed by atoms with Crippen LogP contribution in [0.25, 0.3) is 0 Å². The van der Waals surface area contributed by atoms with E-state index < -0.39 is 0 Å². The van der Waals surface area contributed by atoms with Crippen molar-refractivity contribution < 1.29 is 0 Å². The van der Waals surface area contributed by atoms with Gasteiger partial charge in [0.1, 0.15) is 0 Å². The Balaban J connectivity index is 0.00000102. The van der Waals surface area contributed by atoms with Gasteiger partial charge in [-0.15, -0.1) is 0 Å². The van der Waals surface area contributed by atoms with Crippen molar-refractivity contribution in [1.29, 1.82) is 0 Å². The molecule has 0 amide bonds. The summed E-state index contributed by atoms with van der Waals surface area (Å²) in [6, 6.07) is 0. The molecular formula is C27H42. The van der Waals surface area contributed by atoms with Crippen LogP contribution < -0.4 is 0 Å². The smallest absolute Gasteiger partial charge is 0.00141 e. The van der Waals surface area contributed by atoms with E-state index >= 15 is 0 Å². The summed E-state index contributed by atoms with van der Waals surface area (Å²) >= 11 is 0. The fraction of sp³-hybridized carbons (Fsp3) is 0.704. The molecule has 6 atom stereocenters. The topological polar surface area (TPSA) is 0 Å². The van der Waals surface area contributed by atoms with Crippen LogP contribution in [0.3, 0.4) is 0 Å². The zero-order valence-electron chi connectivity index (χ0n) is 18.6. The van der Waals surface area contributed by atoms with E-state index in [0.717, 1.165) is 29.6 Å². The molecule has 3 fully saturated rings. The minimum Gasteiger partial charge on any atom is -0.0996 e. The second-order valence-electron chi connectivity index (χ2n) is 9.60. The van der Waals surface area contributed by atoms with E-state index in [2.05, 4.69) is 51.7 Å².